The minimum Gasteiger partial charge on any atom is -1.00 e. The molecule has 0 saturated heterocycles. The average molecular weight is 413 g/mol. The molecule has 134 valence electrons. The molecule has 1 rings (SSSR count). The van der Waals surface area contributed by atoms with Crippen LogP contribution in [0.2, 0.25) is 19.6 Å². The van der Waals surface area contributed by atoms with Crippen LogP contribution < -0.4 is 30.1 Å². The zero-order valence-electron chi connectivity index (χ0n) is 16.7. The summed E-state index contributed by atoms with van der Waals surface area (Å²) in [5, 5.41) is 8.66. The predicted molar refractivity (Wildman–Crippen MR) is 94.7 cm³/mol. The van der Waals surface area contributed by atoms with Crippen LogP contribution in [-0.4, -0.2) is 27.7 Å². The van der Waals surface area contributed by atoms with E-state index in [1.54, 1.807) is 14.1 Å². The van der Waals surface area contributed by atoms with Gasteiger partial charge in [-0.3, -0.25) is 6.08 Å². The molecule has 0 atom stereocenters. The number of rotatable bonds is 2. The summed E-state index contributed by atoms with van der Waals surface area (Å²) in [6.45, 7) is 20.6. The second-order valence-corrected chi connectivity index (χ2v) is 13.2. The van der Waals surface area contributed by atoms with E-state index in [2.05, 4.69) is 77.9 Å². The molecule has 6 heteroatoms. The fraction of sp³-hybridized carbons (Fsp3) is 0.765. The second-order valence-electron chi connectivity index (χ2n) is 8.20. The summed E-state index contributed by atoms with van der Waals surface area (Å²) in [5.74, 6) is 0. The Hall–Kier alpha value is 0.751. The van der Waals surface area contributed by atoms with Gasteiger partial charge in [-0.15, -0.1) is 11.3 Å². The van der Waals surface area contributed by atoms with Crippen molar-refractivity contribution in [3.05, 3.63) is 27.9 Å². The fourth-order valence-electron chi connectivity index (χ4n) is 2.06. The van der Waals surface area contributed by atoms with Crippen LogP contribution in [0.4, 0.5) is 0 Å². The molecule has 2 nitrogen and oxygen atoms in total. The number of nitrogens with one attached hydrogen (secondary N) is 1. The van der Waals surface area contributed by atoms with E-state index < -0.39 is 8.07 Å². The molecule has 0 saturated carbocycles. The van der Waals surface area contributed by atoms with Gasteiger partial charge in [0, 0.05) is 13.6 Å². The van der Waals surface area contributed by atoms with Gasteiger partial charge in [0.1, 0.15) is 0 Å². The van der Waals surface area contributed by atoms with Crippen LogP contribution in [0.1, 0.15) is 41.5 Å². The smallest absolute Gasteiger partial charge is 1.00 e. The third-order valence-corrected chi connectivity index (χ3v) is 5.12. The monoisotopic (exact) mass is 412 g/mol. The largest absolute Gasteiger partial charge is 4.00 e. The summed E-state index contributed by atoms with van der Waals surface area (Å²) in [7, 11) is 2.17. The number of hydrogen-bond donors (Lipinski definition) is 1. The minimum atomic E-state index is -1.33. The van der Waals surface area contributed by atoms with Gasteiger partial charge in [0.05, 0.1) is 0 Å². The van der Waals surface area contributed by atoms with Crippen LogP contribution in [-0.2, 0) is 21.7 Å². The summed E-state index contributed by atoms with van der Waals surface area (Å²) in [6, 6.07) is 0. The van der Waals surface area contributed by atoms with Gasteiger partial charge >= 0.3 is 21.7 Å². The first kappa shape index (κ1) is 31.5. The van der Waals surface area contributed by atoms with Crippen LogP contribution in [0, 0.1) is 11.5 Å². The van der Waals surface area contributed by atoms with Crippen molar-refractivity contribution in [1.82, 2.24) is 5.32 Å². The standard InChI is InChI=1S/C15H28NSi.C2H6N.2ClH.Ti/c1-11-13(16-14(2,3)4)12(17(7,8)9)10-15(11,5)6;1-3-2;;;/h16H,1-9H3;1-2H3;2*1H;/q2*-1;;;+4/p-2. The molecule has 1 aliphatic rings. The Balaban J connectivity index is -0.000000279. The Bertz CT molecular complexity index is 406. The molecule has 0 radical (unpaired) electrons. The third-order valence-electron chi connectivity index (χ3n) is 3.25. The number of allylic oxidation sites excluding steroid dienone is 3. The van der Waals surface area contributed by atoms with E-state index in [4.69, 9.17) is 0 Å². The molecule has 0 aromatic heterocycles. The second kappa shape index (κ2) is 11.4. The van der Waals surface area contributed by atoms with Gasteiger partial charge in [-0.2, -0.15) is 14.1 Å². The van der Waals surface area contributed by atoms with E-state index in [-0.39, 0.29) is 57.5 Å². The van der Waals surface area contributed by atoms with Crippen molar-refractivity contribution in [2.75, 3.05) is 14.1 Å². The van der Waals surface area contributed by atoms with Gasteiger partial charge in [0.2, 0.25) is 0 Å². The van der Waals surface area contributed by atoms with E-state index in [0.717, 1.165) is 0 Å². The van der Waals surface area contributed by atoms with E-state index >= 15 is 0 Å². The Morgan fingerprint density at radius 2 is 1.39 bits per heavy atom. The van der Waals surface area contributed by atoms with Crippen molar-refractivity contribution < 1.29 is 46.5 Å². The van der Waals surface area contributed by atoms with Crippen molar-refractivity contribution in [1.29, 1.82) is 0 Å². The molecule has 0 spiro atoms. The Morgan fingerprint density at radius 3 is 1.65 bits per heavy atom. The Kier molecular flexibility index (Phi) is 15.6. The first-order chi connectivity index (χ1) is 8.76. The van der Waals surface area contributed by atoms with Gasteiger partial charge in [-0.25, -0.2) is 5.20 Å². The van der Waals surface area contributed by atoms with Crippen LogP contribution in [0.5, 0.6) is 0 Å². The van der Waals surface area contributed by atoms with Crippen molar-refractivity contribution in [2.24, 2.45) is 5.41 Å². The molecule has 0 bridgehead atoms. The van der Waals surface area contributed by atoms with Gasteiger partial charge in [0.15, 0.2) is 0 Å². The molecule has 23 heavy (non-hydrogen) atoms. The molecule has 1 aliphatic carbocycles. The van der Waals surface area contributed by atoms with E-state index in [9.17, 15) is 0 Å². The molecule has 0 amide bonds. The maximum atomic E-state index is 3.73. The number of nitrogens with zero attached hydrogens (tertiary/aromatic N) is 1. The van der Waals surface area contributed by atoms with Gasteiger partial charge in [-0.05, 0) is 20.8 Å². The molecule has 0 aromatic rings. The quantitative estimate of drug-likeness (QED) is 0.453. The zero-order chi connectivity index (χ0) is 16.4. The van der Waals surface area contributed by atoms with Crippen LogP contribution in [0.3, 0.4) is 0 Å². The predicted octanol–water partition coefficient (Wildman–Crippen LogP) is -1.08. The van der Waals surface area contributed by atoms with E-state index in [1.807, 2.05) is 0 Å². The molecular weight excluding hydrogens is 379 g/mol. The molecule has 0 fully saturated rings. The van der Waals surface area contributed by atoms with Gasteiger partial charge in [0.25, 0.3) is 0 Å². The molecular formula is C17H34Cl2N2SiTi. The zero-order valence-corrected chi connectivity index (χ0v) is 20.8. The fourth-order valence-corrected chi connectivity index (χ4v) is 3.75. The summed E-state index contributed by atoms with van der Waals surface area (Å²) in [4.78, 5) is 0. The maximum Gasteiger partial charge on any atom is 4.00 e. The van der Waals surface area contributed by atoms with Crippen LogP contribution >= 0.6 is 0 Å². The van der Waals surface area contributed by atoms with Crippen molar-refractivity contribution >= 4 is 8.07 Å². The number of hydrogen-bond acceptors (Lipinski definition) is 1. The third kappa shape index (κ3) is 10.4. The molecule has 0 unspecified atom stereocenters. The first-order valence-corrected chi connectivity index (χ1v) is 10.9. The van der Waals surface area contributed by atoms with E-state index in [0.29, 0.717) is 0 Å². The van der Waals surface area contributed by atoms with Crippen LogP contribution in [0.25, 0.3) is 5.32 Å². The summed E-state index contributed by atoms with van der Waals surface area (Å²) in [5.41, 5.74) is 3.00. The number of halogens is 2. The minimum absolute atomic E-state index is 0. The molecule has 0 heterocycles. The molecule has 1 N–H and O–H groups in total. The molecule has 0 aliphatic heterocycles. The summed E-state index contributed by atoms with van der Waals surface area (Å²) in [6.07, 6.45) is 3.73. The SMILES string of the molecule is CC1=C(NC(C)(C)C)C([Si](C)(C)C)=[C-]C1(C)C.C[N-]C.[Cl-].[Cl-].[Ti+4]. The summed E-state index contributed by atoms with van der Waals surface area (Å²) >= 11 is 0. The maximum absolute atomic E-state index is 3.73. The first-order valence-electron chi connectivity index (χ1n) is 7.39. The van der Waals surface area contributed by atoms with Crippen molar-refractivity contribution in [3.63, 3.8) is 0 Å². The van der Waals surface area contributed by atoms with Gasteiger partial charge < -0.3 is 35.4 Å². The van der Waals surface area contributed by atoms with Crippen molar-refractivity contribution in [3.8, 4) is 0 Å². The topological polar surface area (TPSA) is 26.1 Å². The van der Waals surface area contributed by atoms with Gasteiger partial charge in [-0.1, -0.05) is 45.8 Å². The Morgan fingerprint density at radius 1 is 1.04 bits per heavy atom. The average Bonchev–Trinajstić information content (AvgIpc) is 2.40. The van der Waals surface area contributed by atoms with E-state index in [1.165, 1.54) is 16.5 Å². The Labute approximate surface area is 173 Å². The molecule has 0 aromatic carbocycles. The van der Waals surface area contributed by atoms with Crippen molar-refractivity contribution in [2.45, 2.75) is 66.7 Å². The van der Waals surface area contributed by atoms with Crippen LogP contribution in [0.15, 0.2) is 16.5 Å². The normalized spacial score (nSPS) is 16.0. The summed E-state index contributed by atoms with van der Waals surface area (Å²) < 4.78 is 0.